The average Bonchev–Trinajstić information content (AvgIpc) is 2.47. The van der Waals surface area contributed by atoms with Gasteiger partial charge in [-0.3, -0.25) is 0 Å². The van der Waals surface area contributed by atoms with E-state index in [1.165, 1.54) is 6.07 Å². The zero-order chi connectivity index (χ0) is 14.4. The predicted molar refractivity (Wildman–Crippen MR) is 79.4 cm³/mol. The number of ether oxygens (including phenoxy) is 2. The van der Waals surface area contributed by atoms with Gasteiger partial charge in [0.25, 0.3) is 0 Å². The normalized spacial score (nSPS) is 10.3. The first-order chi connectivity index (χ1) is 9.70. The molecule has 0 radical (unpaired) electrons. The van der Waals surface area contributed by atoms with E-state index < -0.39 is 0 Å². The molecule has 2 rings (SSSR count). The first-order valence-corrected chi connectivity index (χ1v) is 6.98. The van der Waals surface area contributed by atoms with Crippen LogP contribution in [0.1, 0.15) is 5.56 Å². The van der Waals surface area contributed by atoms with Crippen LogP contribution >= 0.6 is 15.9 Å². The highest BCUT2D eigenvalue weighted by molar-refractivity contribution is 9.10. The molecule has 5 heteroatoms. The fourth-order valence-corrected chi connectivity index (χ4v) is 2.05. The SMILES string of the molecule is NCc1ccccc1OCCOc1ccc(F)c(Br)c1. The highest BCUT2D eigenvalue weighted by Crippen LogP contribution is 2.22. The van der Waals surface area contributed by atoms with Crippen molar-refractivity contribution in [2.75, 3.05) is 13.2 Å². The molecule has 20 heavy (non-hydrogen) atoms. The Balaban J connectivity index is 1.83. The molecular formula is C15H15BrFNO2. The summed E-state index contributed by atoms with van der Waals surface area (Å²) in [6.07, 6.45) is 0. The van der Waals surface area contributed by atoms with Crippen LogP contribution in [0.5, 0.6) is 11.5 Å². The van der Waals surface area contributed by atoms with Crippen molar-refractivity contribution in [2.45, 2.75) is 6.54 Å². The molecule has 0 atom stereocenters. The number of para-hydroxylation sites is 1. The zero-order valence-corrected chi connectivity index (χ0v) is 12.4. The summed E-state index contributed by atoms with van der Waals surface area (Å²) in [5.74, 6) is 1.04. The van der Waals surface area contributed by atoms with Gasteiger partial charge in [-0.25, -0.2) is 4.39 Å². The van der Waals surface area contributed by atoms with E-state index in [0.29, 0.717) is 30.0 Å². The fraction of sp³-hybridized carbons (Fsp3) is 0.200. The van der Waals surface area contributed by atoms with E-state index in [2.05, 4.69) is 15.9 Å². The molecule has 3 nitrogen and oxygen atoms in total. The molecule has 0 spiro atoms. The number of hydrogen-bond acceptors (Lipinski definition) is 3. The van der Waals surface area contributed by atoms with Crippen LogP contribution in [0.3, 0.4) is 0 Å². The van der Waals surface area contributed by atoms with E-state index in [9.17, 15) is 4.39 Å². The van der Waals surface area contributed by atoms with Gasteiger partial charge in [-0.1, -0.05) is 18.2 Å². The monoisotopic (exact) mass is 339 g/mol. The molecule has 2 N–H and O–H groups in total. The van der Waals surface area contributed by atoms with E-state index in [-0.39, 0.29) is 5.82 Å². The molecule has 2 aromatic rings. The summed E-state index contributed by atoms with van der Waals surface area (Å²) >= 11 is 3.11. The third kappa shape index (κ3) is 3.95. The Hall–Kier alpha value is -1.59. The Labute approximate surface area is 125 Å². The topological polar surface area (TPSA) is 44.5 Å². The summed E-state index contributed by atoms with van der Waals surface area (Å²) in [5, 5.41) is 0. The lowest BCUT2D eigenvalue weighted by atomic mass is 10.2. The minimum Gasteiger partial charge on any atom is -0.490 e. The van der Waals surface area contributed by atoms with Crippen molar-refractivity contribution < 1.29 is 13.9 Å². The van der Waals surface area contributed by atoms with E-state index in [1.54, 1.807) is 12.1 Å². The van der Waals surface area contributed by atoms with Crippen molar-refractivity contribution in [1.29, 1.82) is 0 Å². The van der Waals surface area contributed by atoms with Crippen LogP contribution in [-0.4, -0.2) is 13.2 Å². The maximum Gasteiger partial charge on any atom is 0.137 e. The number of benzene rings is 2. The fourth-order valence-electron chi connectivity index (χ4n) is 1.69. The van der Waals surface area contributed by atoms with Gasteiger partial charge in [0.15, 0.2) is 0 Å². The lowest BCUT2D eigenvalue weighted by molar-refractivity contribution is 0.215. The van der Waals surface area contributed by atoms with Crippen LogP contribution in [0.2, 0.25) is 0 Å². The van der Waals surface area contributed by atoms with Crippen LogP contribution in [0.4, 0.5) is 4.39 Å². The van der Waals surface area contributed by atoms with Gasteiger partial charge in [0.2, 0.25) is 0 Å². The van der Waals surface area contributed by atoms with Crippen molar-refractivity contribution in [3.05, 3.63) is 58.3 Å². The van der Waals surface area contributed by atoms with Gasteiger partial charge >= 0.3 is 0 Å². The van der Waals surface area contributed by atoms with Crippen LogP contribution in [0.25, 0.3) is 0 Å². The predicted octanol–water partition coefficient (Wildman–Crippen LogP) is 3.50. The Kier molecular flexibility index (Phi) is 5.38. The maximum absolute atomic E-state index is 13.1. The molecule has 0 amide bonds. The smallest absolute Gasteiger partial charge is 0.137 e. The third-order valence-electron chi connectivity index (χ3n) is 2.69. The van der Waals surface area contributed by atoms with E-state index in [0.717, 1.165) is 11.3 Å². The summed E-state index contributed by atoms with van der Waals surface area (Å²) < 4.78 is 24.5. The minimum absolute atomic E-state index is 0.314. The van der Waals surface area contributed by atoms with Gasteiger partial charge in [0.1, 0.15) is 30.5 Å². The molecule has 0 aliphatic rings. The quantitative estimate of drug-likeness (QED) is 0.819. The van der Waals surface area contributed by atoms with Gasteiger partial charge < -0.3 is 15.2 Å². The van der Waals surface area contributed by atoms with E-state index in [4.69, 9.17) is 15.2 Å². The Morgan fingerprint density at radius 3 is 2.55 bits per heavy atom. The lowest BCUT2D eigenvalue weighted by Gasteiger charge is -2.11. The number of hydrogen-bond donors (Lipinski definition) is 1. The molecular weight excluding hydrogens is 325 g/mol. The van der Waals surface area contributed by atoms with Crippen LogP contribution < -0.4 is 15.2 Å². The molecule has 0 heterocycles. The highest BCUT2D eigenvalue weighted by atomic mass is 79.9. The van der Waals surface area contributed by atoms with Gasteiger partial charge in [0, 0.05) is 12.1 Å². The lowest BCUT2D eigenvalue weighted by Crippen LogP contribution is -2.10. The Morgan fingerprint density at radius 2 is 1.80 bits per heavy atom. The average molecular weight is 340 g/mol. The molecule has 0 saturated carbocycles. The van der Waals surface area contributed by atoms with Gasteiger partial charge in [-0.15, -0.1) is 0 Å². The molecule has 0 fully saturated rings. The number of rotatable bonds is 6. The molecule has 0 saturated heterocycles. The Bertz CT molecular complexity index is 578. The van der Waals surface area contributed by atoms with Gasteiger partial charge in [-0.05, 0) is 40.2 Å². The summed E-state index contributed by atoms with van der Waals surface area (Å²) in [7, 11) is 0. The molecule has 0 unspecified atom stereocenters. The van der Waals surface area contributed by atoms with E-state index >= 15 is 0 Å². The summed E-state index contributed by atoms with van der Waals surface area (Å²) in [6, 6.07) is 12.1. The van der Waals surface area contributed by atoms with Crippen LogP contribution in [0, 0.1) is 5.82 Å². The first-order valence-electron chi connectivity index (χ1n) is 6.19. The van der Waals surface area contributed by atoms with Crippen molar-refractivity contribution in [2.24, 2.45) is 5.73 Å². The summed E-state index contributed by atoms with van der Waals surface area (Å²) in [6.45, 7) is 1.20. The van der Waals surface area contributed by atoms with E-state index in [1.807, 2.05) is 24.3 Å². The second kappa shape index (κ2) is 7.26. The van der Waals surface area contributed by atoms with Crippen molar-refractivity contribution in [1.82, 2.24) is 0 Å². The molecule has 0 aromatic heterocycles. The molecule has 0 bridgehead atoms. The number of halogens is 2. The standard InChI is InChI=1S/C15H15BrFNO2/c16-13-9-12(5-6-14(13)17)19-7-8-20-15-4-2-1-3-11(15)10-18/h1-6,9H,7-8,10,18H2. The second-order valence-electron chi connectivity index (χ2n) is 4.08. The second-order valence-corrected chi connectivity index (χ2v) is 4.94. The van der Waals surface area contributed by atoms with Crippen molar-refractivity contribution in [3.8, 4) is 11.5 Å². The highest BCUT2D eigenvalue weighted by Gasteiger charge is 2.03. The maximum atomic E-state index is 13.1. The summed E-state index contributed by atoms with van der Waals surface area (Å²) in [5.41, 5.74) is 6.58. The molecule has 2 aromatic carbocycles. The largest absolute Gasteiger partial charge is 0.490 e. The molecule has 0 aliphatic carbocycles. The van der Waals surface area contributed by atoms with Gasteiger partial charge in [-0.2, -0.15) is 0 Å². The summed E-state index contributed by atoms with van der Waals surface area (Å²) in [4.78, 5) is 0. The first kappa shape index (κ1) is 14.8. The third-order valence-corrected chi connectivity index (χ3v) is 3.30. The van der Waals surface area contributed by atoms with Gasteiger partial charge in [0.05, 0.1) is 4.47 Å². The van der Waals surface area contributed by atoms with Crippen LogP contribution in [0.15, 0.2) is 46.9 Å². The zero-order valence-electron chi connectivity index (χ0n) is 10.8. The molecule has 0 aliphatic heterocycles. The van der Waals surface area contributed by atoms with Crippen molar-refractivity contribution >= 4 is 15.9 Å². The van der Waals surface area contributed by atoms with Crippen LogP contribution in [-0.2, 0) is 6.54 Å². The minimum atomic E-state index is -0.314. The Morgan fingerprint density at radius 1 is 1.05 bits per heavy atom. The van der Waals surface area contributed by atoms with Crippen molar-refractivity contribution in [3.63, 3.8) is 0 Å². The number of nitrogens with two attached hydrogens (primary N) is 1. The molecule has 106 valence electrons.